The summed E-state index contributed by atoms with van der Waals surface area (Å²) in [4.78, 5) is 0. The molecule has 27 heavy (non-hydrogen) atoms. The predicted octanol–water partition coefficient (Wildman–Crippen LogP) is 6.06. The van der Waals surface area contributed by atoms with Crippen LogP contribution in [-0.2, 0) is 5.41 Å². The summed E-state index contributed by atoms with van der Waals surface area (Å²) in [6, 6.07) is 4.12. The van der Waals surface area contributed by atoms with Crippen LogP contribution < -0.4 is 4.74 Å². The highest BCUT2D eigenvalue weighted by Gasteiger charge is 2.47. The number of aromatic hydroxyl groups is 1. The van der Waals surface area contributed by atoms with Gasteiger partial charge in [-0.15, -0.1) is 0 Å². The topological polar surface area (TPSA) is 49.7 Å². The molecule has 2 unspecified atom stereocenters. The maximum atomic E-state index is 10.9. The summed E-state index contributed by atoms with van der Waals surface area (Å²) < 4.78 is 6.44. The first-order valence-corrected chi connectivity index (χ1v) is 10.9. The molecule has 3 atom stereocenters. The van der Waals surface area contributed by atoms with Crippen molar-refractivity contribution in [1.29, 1.82) is 0 Å². The van der Waals surface area contributed by atoms with Gasteiger partial charge in [0.15, 0.2) is 0 Å². The molecule has 1 heterocycles. The molecule has 2 aliphatic rings. The lowest BCUT2D eigenvalue weighted by atomic mass is 9.65. The standard InChI is InChI=1S/C24H38O3/c1-6-7-8-9-12-23(2,3)16-13-20(26)22-18-15-17(25)10-11-19(18)24(4,5)27-21(22)14-16/h13-14,17-19,25-26H,6-12,15H2,1-5H3/t17-,18?,19?/m1/s1. The highest BCUT2D eigenvalue weighted by molar-refractivity contribution is 5.53. The minimum absolute atomic E-state index is 0.0106. The van der Waals surface area contributed by atoms with Crippen LogP contribution in [0, 0.1) is 5.92 Å². The first-order valence-electron chi connectivity index (χ1n) is 10.9. The van der Waals surface area contributed by atoms with Crippen LogP contribution >= 0.6 is 0 Å². The van der Waals surface area contributed by atoms with Crippen LogP contribution in [0.1, 0.15) is 103 Å². The van der Waals surface area contributed by atoms with Crippen LogP contribution in [0.3, 0.4) is 0 Å². The van der Waals surface area contributed by atoms with Crippen LogP contribution in [0.2, 0.25) is 0 Å². The second-order valence-electron chi connectivity index (χ2n) is 9.99. The third-order valence-electron chi connectivity index (χ3n) is 7.02. The van der Waals surface area contributed by atoms with Crippen molar-refractivity contribution >= 4 is 0 Å². The SMILES string of the molecule is CCCCCCC(C)(C)c1cc(O)c2c(c1)OC(C)(C)C1CC[C@@H](O)CC21. The summed E-state index contributed by atoms with van der Waals surface area (Å²) in [5.41, 5.74) is 1.81. The van der Waals surface area contributed by atoms with Gasteiger partial charge in [0.2, 0.25) is 0 Å². The molecule has 0 aromatic heterocycles. The van der Waals surface area contributed by atoms with E-state index in [2.05, 4.69) is 40.7 Å². The number of rotatable bonds is 6. The normalized spacial score (nSPS) is 26.8. The molecule has 3 rings (SSSR count). The van der Waals surface area contributed by atoms with Gasteiger partial charge in [-0.3, -0.25) is 0 Å². The molecule has 1 aliphatic heterocycles. The third-order valence-corrected chi connectivity index (χ3v) is 7.02. The quantitative estimate of drug-likeness (QED) is 0.595. The van der Waals surface area contributed by atoms with E-state index in [1.165, 1.54) is 25.7 Å². The number of aliphatic hydroxyl groups excluding tert-OH is 1. The van der Waals surface area contributed by atoms with E-state index in [0.717, 1.165) is 42.6 Å². The highest BCUT2D eigenvalue weighted by Crippen LogP contribution is 2.55. The second kappa shape index (κ2) is 7.66. The van der Waals surface area contributed by atoms with Crippen molar-refractivity contribution in [2.45, 2.75) is 109 Å². The van der Waals surface area contributed by atoms with E-state index in [-0.39, 0.29) is 23.0 Å². The highest BCUT2D eigenvalue weighted by atomic mass is 16.5. The van der Waals surface area contributed by atoms with Gasteiger partial charge in [0, 0.05) is 17.4 Å². The van der Waals surface area contributed by atoms with Crippen molar-refractivity contribution < 1.29 is 14.9 Å². The van der Waals surface area contributed by atoms with E-state index < -0.39 is 0 Å². The van der Waals surface area contributed by atoms with Crippen molar-refractivity contribution in [2.24, 2.45) is 5.92 Å². The number of hydrogen-bond acceptors (Lipinski definition) is 3. The Kier molecular flexibility index (Phi) is 5.82. The smallest absolute Gasteiger partial charge is 0.127 e. The summed E-state index contributed by atoms with van der Waals surface area (Å²) in [6.07, 6.45) is 8.34. The van der Waals surface area contributed by atoms with Gasteiger partial charge in [-0.25, -0.2) is 0 Å². The number of hydrogen-bond donors (Lipinski definition) is 2. The fourth-order valence-corrected chi connectivity index (χ4v) is 5.26. The number of aliphatic hydroxyl groups is 1. The van der Waals surface area contributed by atoms with Gasteiger partial charge in [0.25, 0.3) is 0 Å². The molecule has 0 amide bonds. The van der Waals surface area contributed by atoms with E-state index in [9.17, 15) is 10.2 Å². The van der Waals surface area contributed by atoms with E-state index in [4.69, 9.17) is 4.74 Å². The zero-order valence-electron chi connectivity index (χ0n) is 17.8. The molecule has 1 fully saturated rings. The number of ether oxygens (including phenoxy) is 1. The Labute approximate surface area is 165 Å². The zero-order valence-corrected chi connectivity index (χ0v) is 17.8. The van der Waals surface area contributed by atoms with Gasteiger partial charge in [-0.1, -0.05) is 46.5 Å². The zero-order chi connectivity index (χ0) is 19.8. The fraction of sp³-hybridized carbons (Fsp3) is 0.750. The van der Waals surface area contributed by atoms with E-state index in [1.54, 1.807) is 0 Å². The van der Waals surface area contributed by atoms with Gasteiger partial charge in [0.05, 0.1) is 6.10 Å². The van der Waals surface area contributed by atoms with Gasteiger partial charge < -0.3 is 14.9 Å². The monoisotopic (exact) mass is 374 g/mol. The van der Waals surface area contributed by atoms with Crippen molar-refractivity contribution in [3.8, 4) is 11.5 Å². The van der Waals surface area contributed by atoms with E-state index >= 15 is 0 Å². The van der Waals surface area contributed by atoms with Crippen molar-refractivity contribution in [3.05, 3.63) is 23.3 Å². The molecular formula is C24H38O3. The summed E-state index contributed by atoms with van der Waals surface area (Å²) in [5, 5.41) is 21.2. The van der Waals surface area contributed by atoms with Crippen molar-refractivity contribution in [3.63, 3.8) is 0 Å². The summed E-state index contributed by atoms with van der Waals surface area (Å²) in [6.45, 7) is 11.1. The Hall–Kier alpha value is -1.22. The number of phenols is 1. The first-order chi connectivity index (χ1) is 12.7. The van der Waals surface area contributed by atoms with Gasteiger partial charge in [-0.2, -0.15) is 0 Å². The lowest BCUT2D eigenvalue weighted by Crippen LogP contribution is -2.47. The van der Waals surface area contributed by atoms with Crippen LogP contribution in [0.25, 0.3) is 0 Å². The molecule has 2 N–H and O–H groups in total. The molecule has 3 nitrogen and oxygen atoms in total. The lowest BCUT2D eigenvalue weighted by molar-refractivity contribution is -0.0318. The van der Waals surface area contributed by atoms with Crippen LogP contribution in [-0.4, -0.2) is 21.9 Å². The minimum atomic E-state index is -0.276. The maximum absolute atomic E-state index is 10.9. The average molecular weight is 375 g/mol. The van der Waals surface area contributed by atoms with Crippen LogP contribution in [0.5, 0.6) is 11.5 Å². The van der Waals surface area contributed by atoms with Crippen molar-refractivity contribution in [2.75, 3.05) is 0 Å². The van der Waals surface area contributed by atoms with Crippen molar-refractivity contribution in [1.82, 2.24) is 0 Å². The van der Waals surface area contributed by atoms with Crippen LogP contribution in [0.15, 0.2) is 12.1 Å². The Morgan fingerprint density at radius 2 is 1.89 bits per heavy atom. The molecule has 0 saturated heterocycles. The molecular weight excluding hydrogens is 336 g/mol. The fourth-order valence-electron chi connectivity index (χ4n) is 5.26. The number of unbranched alkanes of at least 4 members (excludes halogenated alkanes) is 3. The summed E-state index contributed by atoms with van der Waals surface area (Å²) in [5.74, 6) is 1.69. The molecule has 152 valence electrons. The second-order valence-corrected chi connectivity index (χ2v) is 9.99. The van der Waals surface area contributed by atoms with Gasteiger partial charge in [-0.05, 0) is 62.6 Å². The Balaban J connectivity index is 1.91. The van der Waals surface area contributed by atoms with Gasteiger partial charge >= 0.3 is 0 Å². The lowest BCUT2D eigenvalue weighted by Gasteiger charge is -2.48. The molecule has 1 aromatic rings. The molecule has 1 saturated carbocycles. The van der Waals surface area contributed by atoms with Crippen LogP contribution in [0.4, 0.5) is 0 Å². The largest absolute Gasteiger partial charge is 0.508 e. The first kappa shape index (κ1) is 20.5. The molecule has 3 heteroatoms. The van der Waals surface area contributed by atoms with E-state index in [0.29, 0.717) is 11.7 Å². The minimum Gasteiger partial charge on any atom is -0.508 e. The Morgan fingerprint density at radius 3 is 2.59 bits per heavy atom. The molecule has 1 aromatic carbocycles. The third kappa shape index (κ3) is 4.13. The number of phenolic OH excluding ortho intramolecular Hbond substituents is 1. The molecule has 0 spiro atoms. The number of fused-ring (bicyclic) bond motifs is 3. The molecule has 0 bridgehead atoms. The summed E-state index contributed by atoms with van der Waals surface area (Å²) in [7, 11) is 0. The number of benzene rings is 1. The Bertz CT molecular complexity index is 662. The van der Waals surface area contributed by atoms with E-state index in [1.807, 2.05) is 6.07 Å². The summed E-state index contributed by atoms with van der Waals surface area (Å²) >= 11 is 0. The average Bonchev–Trinajstić information content (AvgIpc) is 2.57. The Morgan fingerprint density at radius 1 is 1.15 bits per heavy atom. The predicted molar refractivity (Wildman–Crippen MR) is 111 cm³/mol. The van der Waals surface area contributed by atoms with Gasteiger partial charge in [0.1, 0.15) is 17.1 Å². The maximum Gasteiger partial charge on any atom is 0.127 e. The molecule has 0 radical (unpaired) electrons. The molecule has 1 aliphatic carbocycles.